The lowest BCUT2D eigenvalue weighted by Gasteiger charge is -2.34. The minimum Gasteiger partial charge on any atom is -0.0622 e. The molecule has 68 heavy (non-hydrogen) atoms. The molecule has 13 aromatic rings. The fourth-order valence-corrected chi connectivity index (χ4v) is 14.0. The van der Waals surface area contributed by atoms with Gasteiger partial charge in [-0.25, -0.2) is 0 Å². The van der Waals surface area contributed by atoms with E-state index >= 15 is 0 Å². The lowest BCUT2D eigenvalue weighted by Crippen LogP contribution is -2.20. The van der Waals surface area contributed by atoms with E-state index in [0.29, 0.717) is 11.8 Å². The van der Waals surface area contributed by atoms with Crippen molar-refractivity contribution < 1.29 is 0 Å². The van der Waals surface area contributed by atoms with Gasteiger partial charge in [0.05, 0.1) is 0 Å². The average Bonchev–Trinajstić information content (AvgIpc) is 3.91. The molecule has 3 aliphatic carbocycles. The Morgan fingerprint density at radius 1 is 0.221 bits per heavy atom. The Morgan fingerprint density at radius 3 is 0.912 bits per heavy atom. The molecule has 16 rings (SSSR count). The topological polar surface area (TPSA) is 0 Å². The highest BCUT2D eigenvalue weighted by atomic mass is 14.4. The maximum atomic E-state index is 2.54. The summed E-state index contributed by atoms with van der Waals surface area (Å²) in [6.45, 7) is 0. The first-order valence-electron chi connectivity index (χ1n) is 24.4. The first-order chi connectivity index (χ1) is 33.8. The van der Waals surface area contributed by atoms with Crippen LogP contribution in [0.3, 0.4) is 0 Å². The molecule has 0 heterocycles. The lowest BCUT2D eigenvalue weighted by atomic mass is 9.69. The van der Waals surface area contributed by atoms with Crippen LogP contribution in [0, 0.1) is 0 Å². The van der Waals surface area contributed by atoms with E-state index in [4.69, 9.17) is 0 Å². The van der Waals surface area contributed by atoms with Gasteiger partial charge < -0.3 is 0 Å². The van der Waals surface area contributed by atoms with E-state index in [9.17, 15) is 0 Å². The van der Waals surface area contributed by atoms with E-state index in [0.717, 1.165) is 12.8 Å². The van der Waals surface area contributed by atoms with Crippen molar-refractivity contribution in [2.75, 3.05) is 0 Å². The third kappa shape index (κ3) is 4.74. The molecule has 2 unspecified atom stereocenters. The molecule has 0 aliphatic heterocycles. The fraction of sp³-hybridized carbons (Fsp3) is 0.0588. The summed E-state index contributed by atoms with van der Waals surface area (Å²) in [5, 5.41) is 16.5. The number of benzene rings is 13. The summed E-state index contributed by atoms with van der Waals surface area (Å²) in [6, 6.07) is 82.9. The van der Waals surface area contributed by atoms with Gasteiger partial charge >= 0.3 is 0 Å². The Labute approximate surface area is 394 Å². The van der Waals surface area contributed by atoms with E-state index in [1.807, 2.05) is 0 Å². The van der Waals surface area contributed by atoms with E-state index in [1.165, 1.54) is 154 Å². The van der Waals surface area contributed by atoms with Gasteiger partial charge in [0.2, 0.25) is 0 Å². The zero-order valence-electron chi connectivity index (χ0n) is 37.4. The molecule has 0 nitrogen and oxygen atoms in total. The third-order valence-corrected chi connectivity index (χ3v) is 16.5. The highest BCUT2D eigenvalue weighted by Crippen LogP contribution is 2.62. The Kier molecular flexibility index (Phi) is 7.39. The smallest absolute Gasteiger partial charge is 0.000740 e. The van der Waals surface area contributed by atoms with E-state index < -0.39 is 0 Å². The molecule has 0 spiro atoms. The van der Waals surface area contributed by atoms with Gasteiger partial charge in [0.1, 0.15) is 0 Å². The highest BCUT2D eigenvalue weighted by Gasteiger charge is 2.42. The average molecular weight is 859 g/mol. The summed E-state index contributed by atoms with van der Waals surface area (Å²) in [7, 11) is 0. The highest BCUT2D eigenvalue weighted by molar-refractivity contribution is 6.39. The molecule has 0 aromatic heterocycles. The monoisotopic (exact) mass is 858 g/mol. The molecule has 0 heteroatoms. The summed E-state index contributed by atoms with van der Waals surface area (Å²) in [4.78, 5) is 0. The zero-order chi connectivity index (χ0) is 44.2. The predicted molar refractivity (Wildman–Crippen MR) is 288 cm³/mol. The number of hydrogen-bond donors (Lipinski definition) is 0. The second kappa shape index (κ2) is 13.6. The van der Waals surface area contributed by atoms with Gasteiger partial charge in [-0.2, -0.15) is 0 Å². The predicted octanol–water partition coefficient (Wildman–Crippen LogP) is 18.3. The molecular weight excluding hydrogens is 817 g/mol. The summed E-state index contributed by atoms with van der Waals surface area (Å²) in [6.07, 6.45) is 2.04. The molecule has 0 saturated heterocycles. The normalized spacial score (nSPS) is 15.5. The van der Waals surface area contributed by atoms with Crippen LogP contribution in [0.5, 0.6) is 0 Å². The fourth-order valence-electron chi connectivity index (χ4n) is 14.0. The molecule has 0 bridgehead atoms. The largest absolute Gasteiger partial charge is 0.0622 e. The molecule has 0 amide bonds. The number of hydrogen-bond acceptors (Lipinski definition) is 0. The van der Waals surface area contributed by atoms with E-state index in [2.05, 4.69) is 218 Å². The van der Waals surface area contributed by atoms with Crippen LogP contribution in [0.2, 0.25) is 0 Å². The van der Waals surface area contributed by atoms with Gasteiger partial charge in [-0.15, -0.1) is 0 Å². The summed E-state index contributed by atoms with van der Waals surface area (Å²) >= 11 is 0. The van der Waals surface area contributed by atoms with Gasteiger partial charge in [-0.1, -0.05) is 218 Å². The quantitative estimate of drug-likeness (QED) is 0.122. The molecule has 0 fully saturated rings. The Bertz CT molecular complexity index is 4010. The minimum absolute atomic E-state index is 0.402. The van der Waals surface area contributed by atoms with Crippen molar-refractivity contribution in [2.24, 2.45) is 0 Å². The lowest BCUT2D eigenvalue weighted by molar-refractivity contribution is 0.525. The Hall–Kier alpha value is -8.32. The summed E-state index contributed by atoms with van der Waals surface area (Å²) in [5.74, 6) is 0.803. The van der Waals surface area contributed by atoms with Gasteiger partial charge in [-0.05, 0) is 178 Å². The van der Waals surface area contributed by atoms with Crippen LogP contribution in [0.15, 0.2) is 218 Å². The van der Waals surface area contributed by atoms with Gasteiger partial charge in [0, 0.05) is 0 Å². The van der Waals surface area contributed by atoms with Crippen LogP contribution in [0.4, 0.5) is 0 Å². The maximum absolute atomic E-state index is 2.54. The molecule has 13 aromatic carbocycles. The van der Waals surface area contributed by atoms with Crippen molar-refractivity contribution in [3.05, 3.63) is 241 Å². The Morgan fingerprint density at radius 2 is 0.529 bits per heavy atom. The summed E-state index contributed by atoms with van der Waals surface area (Å²) in [5.41, 5.74) is 22.1. The maximum Gasteiger partial charge on any atom is -0.000740 e. The molecule has 314 valence electrons. The van der Waals surface area contributed by atoms with Gasteiger partial charge in [0.15, 0.2) is 0 Å². The van der Waals surface area contributed by atoms with E-state index in [1.54, 1.807) is 0 Å². The van der Waals surface area contributed by atoms with Crippen LogP contribution in [-0.2, 0) is 12.8 Å². The van der Waals surface area contributed by atoms with E-state index in [-0.39, 0.29) is 0 Å². The first kappa shape index (κ1) is 36.8. The van der Waals surface area contributed by atoms with Crippen molar-refractivity contribution in [3.63, 3.8) is 0 Å². The van der Waals surface area contributed by atoms with Crippen molar-refractivity contribution in [1.29, 1.82) is 0 Å². The van der Waals surface area contributed by atoms with Crippen LogP contribution in [-0.4, -0.2) is 0 Å². The SMILES string of the molecule is c1ccc(-c2c3c(c(-c4ccccc4)c4ccccc24)CC2c4ccc5c6ccc7c8c(ccc(c9ccc(c4c95)C2C3)c86)-c2c-7c(-c3ccccc3)c3ccccc3c2-c2ccccc2)cc1. The van der Waals surface area contributed by atoms with Crippen molar-refractivity contribution in [2.45, 2.75) is 24.7 Å². The first-order valence-corrected chi connectivity index (χ1v) is 24.4. The second-order valence-electron chi connectivity index (χ2n) is 19.6. The molecule has 2 atom stereocenters. The standard InChI is InChI=1S/C68H42/c1-5-17-39(18-6-1)59-43-25-13-14-26-44(43)60(40-19-7-2-8-20-40)58-38-56-52-32-30-48-50-34-36-54-66-53(35-33-49(64(50)66)47-29-31-51(65(52)63(47)48)55(56)37-57(58)59)67-61(41-21-9-3-10-22-41)45-27-15-16-28-46(45)62(68(54)67)42-23-11-4-12-24-42/h1-36,55-56H,37-38H2. The second-order valence-corrected chi connectivity index (χ2v) is 19.6. The molecule has 0 radical (unpaired) electrons. The third-order valence-electron chi connectivity index (χ3n) is 16.5. The van der Waals surface area contributed by atoms with Crippen molar-refractivity contribution >= 4 is 64.6 Å². The molecular formula is C68H42. The number of fused-ring (bicyclic) bond motifs is 11. The summed E-state index contributed by atoms with van der Waals surface area (Å²) < 4.78 is 0. The van der Waals surface area contributed by atoms with Crippen molar-refractivity contribution in [1.82, 2.24) is 0 Å². The minimum atomic E-state index is 0.402. The Balaban J connectivity index is 0.957. The van der Waals surface area contributed by atoms with Crippen LogP contribution >= 0.6 is 0 Å². The number of rotatable bonds is 4. The zero-order valence-corrected chi connectivity index (χ0v) is 37.4. The van der Waals surface area contributed by atoms with Gasteiger partial charge in [0.25, 0.3) is 0 Å². The van der Waals surface area contributed by atoms with Crippen LogP contribution in [0.1, 0.15) is 34.1 Å². The van der Waals surface area contributed by atoms with Gasteiger partial charge in [-0.3, -0.25) is 0 Å². The molecule has 0 N–H and O–H groups in total. The van der Waals surface area contributed by atoms with Crippen molar-refractivity contribution in [3.8, 4) is 66.8 Å². The molecule has 3 aliphatic rings. The molecule has 0 saturated carbocycles. The van der Waals surface area contributed by atoms with Crippen LogP contribution < -0.4 is 0 Å². The van der Waals surface area contributed by atoms with Crippen LogP contribution in [0.25, 0.3) is 131 Å².